The molecule has 0 aliphatic heterocycles. The van der Waals surface area contributed by atoms with Crippen molar-refractivity contribution in [2.75, 3.05) is 6.54 Å². The normalized spacial score (nSPS) is 11.6. The van der Waals surface area contributed by atoms with Crippen LogP contribution in [-0.2, 0) is 13.1 Å². The predicted octanol–water partition coefficient (Wildman–Crippen LogP) is 5.12. The van der Waals surface area contributed by atoms with Gasteiger partial charge in [0, 0.05) is 0 Å². The molecule has 2 aromatic carbocycles. The summed E-state index contributed by atoms with van der Waals surface area (Å²) in [6.45, 7) is 7.38. The molecule has 0 saturated carbocycles. The van der Waals surface area contributed by atoms with E-state index in [2.05, 4.69) is 87.0 Å². The molecule has 2 aromatic rings. The molecule has 0 N–H and O–H groups in total. The Morgan fingerprint density at radius 2 is 1.23 bits per heavy atom. The van der Waals surface area contributed by atoms with E-state index in [1.165, 1.54) is 14.7 Å². The Bertz CT molecular complexity index is 543. The molecule has 1 nitrogen and oxygen atoms in total. The third kappa shape index (κ3) is 5.62. The Kier molecular flexibility index (Phi) is 6.27. The molecule has 0 amide bonds. The summed E-state index contributed by atoms with van der Waals surface area (Å²) in [6, 6.07) is 21.5. The van der Waals surface area contributed by atoms with E-state index in [0.29, 0.717) is 0 Å². The number of hydrogen-bond donors (Lipinski definition) is 0. The van der Waals surface area contributed by atoms with Gasteiger partial charge in [-0.3, -0.25) is 0 Å². The van der Waals surface area contributed by atoms with Crippen molar-refractivity contribution >= 4 is 18.4 Å². The van der Waals surface area contributed by atoms with Crippen LogP contribution in [0.4, 0.5) is 0 Å². The van der Waals surface area contributed by atoms with Gasteiger partial charge in [0.15, 0.2) is 0 Å². The first-order valence-electron chi connectivity index (χ1n) is 7.93. The fraction of sp³-hybridized carbons (Fsp3) is 0.300. The zero-order valence-electron chi connectivity index (χ0n) is 14.0. The number of nitrogens with zero attached hydrogens (tertiary/aromatic N) is 1. The molecule has 0 unspecified atom stereocenters. The Hall–Kier alpha value is -1.06. The summed E-state index contributed by atoms with van der Waals surface area (Å²) < 4.78 is 1.49. The molecule has 2 heteroatoms. The standard InChI is InChI=1S/C17H18N.3CH3.Sn/c1-2-13-18(14-16-9-5-3-6-10-16)15-17-11-7-4-8-12-17;;;;/h3-12H,1,13-15H2;3*1H3;. The third-order valence-electron chi connectivity index (χ3n) is 3.97. The van der Waals surface area contributed by atoms with E-state index in [0.717, 1.165) is 19.6 Å². The maximum absolute atomic E-state index is 4.40. The van der Waals surface area contributed by atoms with Gasteiger partial charge in [-0.2, -0.15) is 0 Å². The second kappa shape index (κ2) is 7.98. The summed E-state index contributed by atoms with van der Waals surface area (Å²) in [7, 11) is 0. The molecule has 116 valence electrons. The van der Waals surface area contributed by atoms with E-state index < -0.39 is 18.4 Å². The van der Waals surface area contributed by atoms with Crippen molar-refractivity contribution in [3.05, 3.63) is 82.0 Å². The molecule has 0 spiro atoms. The summed E-state index contributed by atoms with van der Waals surface area (Å²) in [6.07, 6.45) is 0. The quantitative estimate of drug-likeness (QED) is 0.584. The van der Waals surface area contributed by atoms with Crippen LogP contribution in [0.2, 0.25) is 14.8 Å². The monoisotopic (exact) mass is 401 g/mol. The number of hydrogen-bond acceptors (Lipinski definition) is 1. The van der Waals surface area contributed by atoms with E-state index >= 15 is 0 Å². The minimum atomic E-state index is -2.03. The summed E-state index contributed by atoms with van der Waals surface area (Å²) in [5, 5.41) is 0. The van der Waals surface area contributed by atoms with Gasteiger partial charge in [-0.25, -0.2) is 0 Å². The van der Waals surface area contributed by atoms with E-state index in [9.17, 15) is 0 Å². The maximum atomic E-state index is 4.40. The number of benzene rings is 2. The average Bonchev–Trinajstić information content (AvgIpc) is 2.48. The minimum absolute atomic E-state index is 0.983. The van der Waals surface area contributed by atoms with E-state index in [4.69, 9.17) is 0 Å². The van der Waals surface area contributed by atoms with Crippen molar-refractivity contribution < 1.29 is 0 Å². The fourth-order valence-corrected chi connectivity index (χ4v) is 4.35. The summed E-state index contributed by atoms with van der Waals surface area (Å²) in [5.74, 6) is 0. The van der Waals surface area contributed by atoms with Crippen LogP contribution in [-0.4, -0.2) is 29.8 Å². The molecule has 0 heterocycles. The van der Waals surface area contributed by atoms with Crippen LogP contribution in [0.3, 0.4) is 0 Å². The third-order valence-corrected chi connectivity index (χ3v) is 10.5. The Morgan fingerprint density at radius 3 is 1.59 bits per heavy atom. The molecule has 0 saturated heterocycles. The van der Waals surface area contributed by atoms with E-state index in [1.54, 1.807) is 0 Å². The zero-order valence-corrected chi connectivity index (χ0v) is 16.9. The molecule has 0 fully saturated rings. The van der Waals surface area contributed by atoms with Gasteiger partial charge >= 0.3 is 140 Å². The first-order valence-corrected chi connectivity index (χ1v) is 17.9. The van der Waals surface area contributed by atoms with Gasteiger partial charge in [-0.1, -0.05) is 0 Å². The van der Waals surface area contributed by atoms with Gasteiger partial charge in [0.25, 0.3) is 0 Å². The van der Waals surface area contributed by atoms with Gasteiger partial charge in [0.05, 0.1) is 0 Å². The molecule has 22 heavy (non-hydrogen) atoms. The zero-order chi connectivity index (χ0) is 16.0. The summed E-state index contributed by atoms with van der Waals surface area (Å²) in [4.78, 5) is 9.86. The van der Waals surface area contributed by atoms with Crippen LogP contribution in [0.15, 0.2) is 70.8 Å². The molecule has 0 radical (unpaired) electrons. The summed E-state index contributed by atoms with van der Waals surface area (Å²) >= 11 is -2.03. The molecular formula is C20H27NSn. The number of rotatable bonds is 7. The molecule has 0 bridgehead atoms. The van der Waals surface area contributed by atoms with E-state index in [1.807, 2.05) is 0 Å². The van der Waals surface area contributed by atoms with Crippen LogP contribution in [0.5, 0.6) is 0 Å². The van der Waals surface area contributed by atoms with Crippen LogP contribution in [0, 0.1) is 0 Å². The fourth-order valence-electron chi connectivity index (χ4n) is 2.36. The Morgan fingerprint density at radius 1 is 0.818 bits per heavy atom. The van der Waals surface area contributed by atoms with Crippen molar-refractivity contribution in [2.24, 2.45) is 0 Å². The molecule has 0 aliphatic rings. The van der Waals surface area contributed by atoms with Crippen molar-refractivity contribution in [2.45, 2.75) is 27.9 Å². The van der Waals surface area contributed by atoms with Crippen LogP contribution >= 0.6 is 0 Å². The van der Waals surface area contributed by atoms with Crippen molar-refractivity contribution in [3.63, 3.8) is 0 Å². The molecule has 0 aromatic heterocycles. The van der Waals surface area contributed by atoms with Crippen molar-refractivity contribution in [3.8, 4) is 0 Å². The molecule has 0 atom stereocenters. The Labute approximate surface area is 139 Å². The van der Waals surface area contributed by atoms with Gasteiger partial charge in [-0.15, -0.1) is 0 Å². The topological polar surface area (TPSA) is 3.24 Å². The predicted molar refractivity (Wildman–Crippen MR) is 99.5 cm³/mol. The first-order chi connectivity index (χ1) is 10.4. The SMILES string of the molecule is C=[C](CN(Cc1ccccc1)Cc1ccccc1)[Sn]([CH3])([CH3])[CH3]. The molecule has 2 rings (SSSR count). The first kappa shape index (κ1) is 17.3. The van der Waals surface area contributed by atoms with Crippen molar-refractivity contribution in [1.82, 2.24) is 4.90 Å². The molecular weight excluding hydrogens is 373 g/mol. The van der Waals surface area contributed by atoms with Crippen molar-refractivity contribution in [1.29, 1.82) is 0 Å². The Balaban J connectivity index is 2.11. The van der Waals surface area contributed by atoms with Crippen LogP contribution in [0.1, 0.15) is 11.1 Å². The van der Waals surface area contributed by atoms with Crippen LogP contribution < -0.4 is 0 Å². The summed E-state index contributed by atoms with van der Waals surface area (Å²) in [5.41, 5.74) is 2.74. The van der Waals surface area contributed by atoms with Gasteiger partial charge in [-0.05, 0) is 0 Å². The van der Waals surface area contributed by atoms with Gasteiger partial charge in [0.1, 0.15) is 0 Å². The van der Waals surface area contributed by atoms with Gasteiger partial charge in [0.2, 0.25) is 0 Å². The van der Waals surface area contributed by atoms with E-state index in [-0.39, 0.29) is 0 Å². The van der Waals surface area contributed by atoms with Crippen LogP contribution in [0.25, 0.3) is 0 Å². The second-order valence-corrected chi connectivity index (χ2v) is 21.8. The molecule has 0 aliphatic carbocycles. The second-order valence-electron chi connectivity index (χ2n) is 6.97. The average molecular weight is 400 g/mol. The van der Waals surface area contributed by atoms with Gasteiger partial charge < -0.3 is 0 Å².